The molecular weight excluding hydrogens is 269 g/mol. The van der Waals surface area contributed by atoms with Gasteiger partial charge in [-0.1, -0.05) is 30.3 Å². The molecule has 3 aromatic rings. The van der Waals surface area contributed by atoms with Gasteiger partial charge in [0.25, 0.3) is 5.56 Å². The first-order valence-electron chi connectivity index (χ1n) is 6.74. The molecule has 0 radical (unpaired) electrons. The molecule has 0 bridgehead atoms. The van der Waals surface area contributed by atoms with Crippen LogP contribution in [0.5, 0.6) is 0 Å². The quantitative estimate of drug-likeness (QED) is 0.721. The van der Waals surface area contributed by atoms with E-state index in [1.54, 1.807) is 0 Å². The second-order valence-electron chi connectivity index (χ2n) is 5.19. The highest BCUT2D eigenvalue weighted by Crippen LogP contribution is 2.35. The minimum Gasteiger partial charge on any atom is -0.377 e. The van der Waals surface area contributed by atoms with Crippen LogP contribution in [-0.4, -0.2) is 10.2 Å². The highest BCUT2D eigenvalue weighted by atomic mass is 19.1. The predicted octanol–water partition coefficient (Wildman–Crippen LogP) is 2.77. The summed E-state index contributed by atoms with van der Waals surface area (Å²) in [5, 5.41) is 11.0. The third kappa shape index (κ3) is 1.89. The number of anilines is 1. The van der Waals surface area contributed by atoms with Crippen molar-refractivity contribution in [3.05, 3.63) is 69.9 Å². The number of rotatable bonds is 1. The number of benzene rings is 2. The molecule has 1 atom stereocenters. The number of nitrogens with zero attached hydrogens (tertiary/aromatic N) is 1. The standard InChI is InChI=1S/C16H12FN3O/c17-10-6-11-15-13(7-10)18-12(9-4-2-1-3-5-9)8-14(15)19-20-16(11)21/h1-7,12,18H,8H2,(H,20,21). The van der Waals surface area contributed by atoms with E-state index in [0.29, 0.717) is 22.9 Å². The van der Waals surface area contributed by atoms with E-state index in [1.807, 2.05) is 30.3 Å². The molecular formula is C16H12FN3O. The van der Waals surface area contributed by atoms with Crippen molar-refractivity contribution in [2.24, 2.45) is 0 Å². The van der Waals surface area contributed by atoms with Crippen LogP contribution in [0.2, 0.25) is 0 Å². The molecule has 5 heteroatoms. The zero-order chi connectivity index (χ0) is 14.4. The van der Waals surface area contributed by atoms with E-state index in [2.05, 4.69) is 15.5 Å². The van der Waals surface area contributed by atoms with Crippen molar-refractivity contribution in [1.82, 2.24) is 10.2 Å². The fraction of sp³-hybridized carbons (Fsp3) is 0.125. The number of hydrogen-bond acceptors (Lipinski definition) is 3. The summed E-state index contributed by atoms with van der Waals surface area (Å²) in [5.41, 5.74) is 2.15. The van der Waals surface area contributed by atoms with Crippen LogP contribution >= 0.6 is 0 Å². The smallest absolute Gasteiger partial charge is 0.272 e. The molecule has 21 heavy (non-hydrogen) atoms. The van der Waals surface area contributed by atoms with Crippen LogP contribution in [0.15, 0.2) is 47.3 Å². The van der Waals surface area contributed by atoms with Gasteiger partial charge in [-0.05, 0) is 17.7 Å². The van der Waals surface area contributed by atoms with Gasteiger partial charge in [-0.3, -0.25) is 4.79 Å². The maximum Gasteiger partial charge on any atom is 0.272 e. The molecule has 2 heterocycles. The summed E-state index contributed by atoms with van der Waals surface area (Å²) in [5.74, 6) is -0.429. The lowest BCUT2D eigenvalue weighted by molar-refractivity contribution is 0.628. The van der Waals surface area contributed by atoms with Gasteiger partial charge in [0.1, 0.15) is 5.82 Å². The largest absolute Gasteiger partial charge is 0.377 e. The normalized spacial score (nSPS) is 16.7. The van der Waals surface area contributed by atoms with Crippen LogP contribution in [0.1, 0.15) is 17.3 Å². The first-order chi connectivity index (χ1) is 10.2. The van der Waals surface area contributed by atoms with Crippen molar-refractivity contribution in [3.8, 4) is 0 Å². The summed E-state index contributed by atoms with van der Waals surface area (Å²) in [7, 11) is 0. The summed E-state index contributed by atoms with van der Waals surface area (Å²) in [6.45, 7) is 0. The van der Waals surface area contributed by atoms with Crippen LogP contribution in [0, 0.1) is 5.82 Å². The number of aromatic amines is 1. The molecule has 0 amide bonds. The Morgan fingerprint density at radius 1 is 1.19 bits per heavy atom. The van der Waals surface area contributed by atoms with Gasteiger partial charge in [0.15, 0.2) is 0 Å². The summed E-state index contributed by atoms with van der Waals surface area (Å²) in [6.07, 6.45) is 0.649. The minimum absolute atomic E-state index is 0.0158. The van der Waals surface area contributed by atoms with Crippen molar-refractivity contribution in [2.75, 3.05) is 5.32 Å². The first kappa shape index (κ1) is 12.1. The van der Waals surface area contributed by atoms with Gasteiger partial charge in [-0.15, -0.1) is 0 Å². The van der Waals surface area contributed by atoms with E-state index in [0.717, 1.165) is 11.3 Å². The molecule has 1 unspecified atom stereocenters. The van der Waals surface area contributed by atoms with E-state index >= 15 is 0 Å². The van der Waals surface area contributed by atoms with Gasteiger partial charge in [0, 0.05) is 17.5 Å². The molecule has 4 nitrogen and oxygen atoms in total. The molecule has 1 aromatic heterocycles. The maximum absolute atomic E-state index is 13.7. The summed E-state index contributed by atoms with van der Waals surface area (Å²) in [6, 6.07) is 12.6. The molecule has 4 rings (SSSR count). The number of halogens is 1. The van der Waals surface area contributed by atoms with Crippen molar-refractivity contribution >= 4 is 16.5 Å². The summed E-state index contributed by atoms with van der Waals surface area (Å²) in [4.78, 5) is 11.8. The lowest BCUT2D eigenvalue weighted by atomic mass is 9.94. The third-order valence-corrected chi connectivity index (χ3v) is 3.86. The lowest BCUT2D eigenvalue weighted by Crippen LogP contribution is -2.23. The Bertz CT molecular complexity index is 889. The third-order valence-electron chi connectivity index (χ3n) is 3.86. The molecule has 0 spiro atoms. The number of H-pyrrole nitrogens is 1. The van der Waals surface area contributed by atoms with Crippen molar-refractivity contribution in [1.29, 1.82) is 0 Å². The Morgan fingerprint density at radius 2 is 2.00 bits per heavy atom. The zero-order valence-electron chi connectivity index (χ0n) is 11.1. The average Bonchev–Trinajstić information content (AvgIpc) is 2.51. The second-order valence-corrected chi connectivity index (χ2v) is 5.19. The number of hydrogen-bond donors (Lipinski definition) is 2. The molecule has 0 saturated carbocycles. The van der Waals surface area contributed by atoms with Crippen molar-refractivity contribution < 1.29 is 4.39 Å². The average molecular weight is 281 g/mol. The van der Waals surface area contributed by atoms with Gasteiger partial charge < -0.3 is 5.32 Å². The van der Waals surface area contributed by atoms with Gasteiger partial charge in [0.2, 0.25) is 0 Å². The van der Waals surface area contributed by atoms with E-state index in [4.69, 9.17) is 0 Å². The highest BCUT2D eigenvalue weighted by molar-refractivity contribution is 5.96. The number of aromatic nitrogens is 2. The van der Waals surface area contributed by atoms with Gasteiger partial charge >= 0.3 is 0 Å². The fourth-order valence-electron chi connectivity index (χ4n) is 2.91. The van der Waals surface area contributed by atoms with Crippen LogP contribution < -0.4 is 10.9 Å². The second kappa shape index (κ2) is 4.41. The molecule has 1 aliphatic rings. The molecule has 2 N–H and O–H groups in total. The van der Waals surface area contributed by atoms with Crippen molar-refractivity contribution in [3.63, 3.8) is 0 Å². The van der Waals surface area contributed by atoms with E-state index in [-0.39, 0.29) is 11.6 Å². The molecule has 104 valence electrons. The van der Waals surface area contributed by atoms with Crippen molar-refractivity contribution in [2.45, 2.75) is 12.5 Å². The Balaban J connectivity index is 1.92. The van der Waals surface area contributed by atoms with Gasteiger partial charge in [0.05, 0.1) is 17.1 Å². The van der Waals surface area contributed by atoms with E-state index in [9.17, 15) is 9.18 Å². The molecule has 1 aliphatic heterocycles. The monoisotopic (exact) mass is 281 g/mol. The minimum atomic E-state index is -0.429. The Hall–Kier alpha value is -2.69. The van der Waals surface area contributed by atoms with E-state index < -0.39 is 5.82 Å². The van der Waals surface area contributed by atoms with Crippen LogP contribution in [-0.2, 0) is 6.42 Å². The maximum atomic E-state index is 13.7. The highest BCUT2D eigenvalue weighted by Gasteiger charge is 2.24. The Labute approximate surface area is 119 Å². The lowest BCUT2D eigenvalue weighted by Gasteiger charge is -2.26. The first-order valence-corrected chi connectivity index (χ1v) is 6.74. The van der Waals surface area contributed by atoms with Gasteiger partial charge in [-0.2, -0.15) is 5.10 Å². The molecule has 2 aromatic carbocycles. The van der Waals surface area contributed by atoms with E-state index in [1.165, 1.54) is 12.1 Å². The molecule has 0 fully saturated rings. The van der Waals surface area contributed by atoms with Crippen LogP contribution in [0.4, 0.5) is 10.1 Å². The Morgan fingerprint density at radius 3 is 2.81 bits per heavy atom. The summed E-state index contributed by atoms with van der Waals surface area (Å²) < 4.78 is 13.7. The van der Waals surface area contributed by atoms with Gasteiger partial charge in [-0.25, -0.2) is 9.49 Å². The van der Waals surface area contributed by atoms with Crippen LogP contribution in [0.3, 0.4) is 0 Å². The SMILES string of the molecule is O=c1[nH]nc2c3c(cc(F)cc13)NC(c1ccccc1)C2. The molecule has 0 saturated heterocycles. The predicted molar refractivity (Wildman–Crippen MR) is 78.8 cm³/mol. The fourth-order valence-corrected chi connectivity index (χ4v) is 2.91. The topological polar surface area (TPSA) is 57.8 Å². The van der Waals surface area contributed by atoms with Crippen LogP contribution in [0.25, 0.3) is 10.8 Å². The number of nitrogens with one attached hydrogen (secondary N) is 2. The molecule has 0 aliphatic carbocycles. The summed E-state index contributed by atoms with van der Waals surface area (Å²) >= 11 is 0. The Kier molecular flexibility index (Phi) is 2.54. The zero-order valence-corrected chi connectivity index (χ0v) is 11.1.